The number of benzene rings is 3. The number of hydrogen-bond acceptors (Lipinski definition) is 8. The van der Waals surface area contributed by atoms with Crippen LogP contribution in [0, 0.1) is 13.8 Å². The fourth-order valence-corrected chi connectivity index (χ4v) is 4.95. The molecule has 0 unspecified atom stereocenters. The fourth-order valence-electron chi connectivity index (χ4n) is 4.95. The minimum absolute atomic E-state index is 0.0430. The highest BCUT2D eigenvalue weighted by Gasteiger charge is 2.41. The molecule has 240 valence electrons. The topological polar surface area (TPSA) is 87.4 Å². The van der Waals surface area contributed by atoms with Gasteiger partial charge in [0.2, 0.25) is 11.2 Å². The Labute approximate surface area is 259 Å². The van der Waals surface area contributed by atoms with E-state index in [0.29, 0.717) is 24.6 Å². The second kappa shape index (κ2) is 14.1. The minimum atomic E-state index is -5.07. The Morgan fingerprint density at radius 2 is 1.53 bits per heavy atom. The zero-order valence-electron chi connectivity index (χ0n) is 26.1. The zero-order chi connectivity index (χ0) is 32.9. The summed E-state index contributed by atoms with van der Waals surface area (Å²) < 4.78 is 70.8. The summed E-state index contributed by atoms with van der Waals surface area (Å²) in [4.78, 5) is 29.0. The maximum Gasteiger partial charge on any atom is 0.453 e. The molecule has 0 spiro atoms. The Balaban J connectivity index is 1.91. The van der Waals surface area contributed by atoms with Crippen LogP contribution in [0.25, 0.3) is 11.0 Å². The molecule has 11 heteroatoms. The van der Waals surface area contributed by atoms with E-state index in [9.17, 15) is 22.8 Å². The molecule has 8 nitrogen and oxygen atoms in total. The van der Waals surface area contributed by atoms with E-state index in [-0.39, 0.29) is 40.1 Å². The van der Waals surface area contributed by atoms with Crippen LogP contribution in [0.2, 0.25) is 0 Å². The first-order chi connectivity index (χ1) is 21.4. The van der Waals surface area contributed by atoms with Gasteiger partial charge in [-0.05, 0) is 93.4 Å². The third-order valence-electron chi connectivity index (χ3n) is 7.32. The minimum Gasteiger partial charge on any atom is -0.493 e. The number of rotatable bonds is 12. The van der Waals surface area contributed by atoms with E-state index < -0.39 is 29.1 Å². The zero-order valence-corrected chi connectivity index (χ0v) is 26.1. The molecule has 4 aromatic rings. The van der Waals surface area contributed by atoms with Crippen molar-refractivity contribution in [3.8, 4) is 28.7 Å². The van der Waals surface area contributed by atoms with E-state index in [1.54, 1.807) is 19.1 Å². The fraction of sp³-hybridized carbons (Fsp3) is 0.353. The van der Waals surface area contributed by atoms with Gasteiger partial charge >= 0.3 is 12.1 Å². The number of halogens is 3. The van der Waals surface area contributed by atoms with Crippen LogP contribution in [0.15, 0.2) is 57.7 Å². The van der Waals surface area contributed by atoms with Crippen LogP contribution < -0.4 is 24.4 Å². The molecule has 0 atom stereocenters. The normalized spacial score (nSPS) is 11.6. The van der Waals surface area contributed by atoms with Gasteiger partial charge in [-0.2, -0.15) is 13.2 Å². The van der Waals surface area contributed by atoms with Crippen molar-refractivity contribution in [3.05, 3.63) is 86.8 Å². The van der Waals surface area contributed by atoms with Crippen LogP contribution in [-0.2, 0) is 12.7 Å². The molecule has 0 saturated heterocycles. The number of aryl methyl sites for hydroxylation is 2. The molecule has 0 bridgehead atoms. The first-order valence-corrected chi connectivity index (χ1v) is 14.5. The van der Waals surface area contributed by atoms with Crippen molar-refractivity contribution >= 4 is 16.9 Å². The molecule has 0 amide bonds. The Kier molecular flexibility index (Phi) is 10.4. The van der Waals surface area contributed by atoms with Crippen LogP contribution >= 0.6 is 0 Å². The summed E-state index contributed by atoms with van der Waals surface area (Å²) in [5.41, 5.74) is 0.595. The number of carbonyl (C=O) groups excluding carboxylic acids is 1. The summed E-state index contributed by atoms with van der Waals surface area (Å²) in [5.74, 6) is -2.64. The second-order valence-corrected chi connectivity index (χ2v) is 10.6. The summed E-state index contributed by atoms with van der Waals surface area (Å²) >= 11 is 0. The maximum atomic E-state index is 14.5. The molecule has 0 fully saturated rings. The van der Waals surface area contributed by atoms with Crippen LogP contribution in [0.4, 0.5) is 13.2 Å². The molecule has 1 heterocycles. The largest absolute Gasteiger partial charge is 0.493 e. The molecule has 0 aliphatic rings. The summed E-state index contributed by atoms with van der Waals surface area (Å²) in [6, 6.07) is 11.8. The number of esters is 1. The Morgan fingerprint density at radius 1 is 0.867 bits per heavy atom. The van der Waals surface area contributed by atoms with Gasteiger partial charge in [-0.3, -0.25) is 9.69 Å². The number of nitrogens with zero attached hydrogens (tertiary/aromatic N) is 1. The number of ether oxygens (including phenoxy) is 4. The Morgan fingerprint density at radius 3 is 2.13 bits per heavy atom. The molecular formula is C34H36F3NO7. The van der Waals surface area contributed by atoms with Crippen molar-refractivity contribution in [2.75, 3.05) is 27.3 Å². The molecule has 0 saturated carbocycles. The Bertz CT molecular complexity index is 1740. The van der Waals surface area contributed by atoms with Gasteiger partial charge in [0.05, 0.1) is 30.7 Å². The first-order valence-electron chi connectivity index (χ1n) is 14.5. The van der Waals surface area contributed by atoms with E-state index in [1.807, 2.05) is 25.7 Å². The van der Waals surface area contributed by atoms with Gasteiger partial charge in [-0.15, -0.1) is 0 Å². The molecule has 0 aliphatic heterocycles. The summed E-state index contributed by atoms with van der Waals surface area (Å²) in [6.45, 7) is 8.86. The molecular weight excluding hydrogens is 591 g/mol. The lowest BCUT2D eigenvalue weighted by atomic mass is 10.1. The van der Waals surface area contributed by atoms with Crippen LogP contribution in [0.3, 0.4) is 0 Å². The predicted molar refractivity (Wildman–Crippen MR) is 164 cm³/mol. The van der Waals surface area contributed by atoms with Crippen LogP contribution in [0.1, 0.15) is 59.5 Å². The van der Waals surface area contributed by atoms with Crippen molar-refractivity contribution in [1.82, 2.24) is 4.90 Å². The standard InChI is InChI=1S/C34H36F3NO7/c1-7-15-38(16-8-2)19-25-26(44-33(40)22-10-13-27(41-5)28(18-22)42-6)14-12-24-29(39)31(32(34(35,36)37)45-30(24)25)43-23-11-9-20(3)21(4)17-23/h9-14,17-18H,7-8,15-16,19H2,1-6H3. The summed E-state index contributed by atoms with van der Waals surface area (Å²) in [7, 11) is 2.87. The van der Waals surface area contributed by atoms with Crippen molar-refractivity contribution < 1.29 is 41.3 Å². The quantitative estimate of drug-likeness (QED) is 0.115. The number of hydrogen-bond donors (Lipinski definition) is 0. The van der Waals surface area contributed by atoms with Crippen LogP contribution in [0.5, 0.6) is 28.7 Å². The van der Waals surface area contributed by atoms with Gasteiger partial charge in [0, 0.05) is 6.54 Å². The average molecular weight is 628 g/mol. The number of fused-ring (bicyclic) bond motifs is 1. The molecule has 45 heavy (non-hydrogen) atoms. The van der Waals surface area contributed by atoms with Crippen molar-refractivity contribution in [1.29, 1.82) is 0 Å². The van der Waals surface area contributed by atoms with Gasteiger partial charge in [-0.1, -0.05) is 19.9 Å². The SMILES string of the molecule is CCCN(CCC)Cc1c(OC(=O)c2ccc(OC)c(OC)c2)ccc2c(=O)c(Oc3ccc(C)c(C)c3)c(C(F)(F)F)oc12. The third kappa shape index (κ3) is 7.42. The van der Waals surface area contributed by atoms with Gasteiger partial charge < -0.3 is 23.4 Å². The highest BCUT2D eigenvalue weighted by atomic mass is 19.4. The van der Waals surface area contributed by atoms with Crippen molar-refractivity contribution in [2.24, 2.45) is 0 Å². The monoisotopic (exact) mass is 627 g/mol. The summed E-state index contributed by atoms with van der Waals surface area (Å²) in [6.07, 6.45) is -3.55. The predicted octanol–water partition coefficient (Wildman–Crippen LogP) is 8.08. The number of alkyl halides is 3. The van der Waals surface area contributed by atoms with E-state index >= 15 is 0 Å². The lowest BCUT2D eigenvalue weighted by Crippen LogP contribution is -2.26. The molecule has 0 N–H and O–H groups in total. The van der Waals surface area contributed by atoms with Crippen LogP contribution in [-0.4, -0.2) is 38.2 Å². The highest BCUT2D eigenvalue weighted by molar-refractivity contribution is 5.93. The van der Waals surface area contributed by atoms with E-state index in [1.165, 1.54) is 50.6 Å². The molecule has 0 aliphatic carbocycles. The molecule has 0 radical (unpaired) electrons. The number of methoxy groups -OCH3 is 2. The summed E-state index contributed by atoms with van der Waals surface area (Å²) in [5, 5.41) is -0.143. The smallest absolute Gasteiger partial charge is 0.453 e. The van der Waals surface area contributed by atoms with Gasteiger partial charge in [0.25, 0.3) is 5.76 Å². The van der Waals surface area contributed by atoms with E-state index in [4.69, 9.17) is 23.4 Å². The molecule has 3 aromatic carbocycles. The lowest BCUT2D eigenvalue weighted by molar-refractivity contribution is -0.154. The highest BCUT2D eigenvalue weighted by Crippen LogP contribution is 2.41. The van der Waals surface area contributed by atoms with E-state index in [0.717, 1.165) is 24.0 Å². The van der Waals surface area contributed by atoms with Gasteiger partial charge in [0.15, 0.2) is 11.5 Å². The van der Waals surface area contributed by atoms with Crippen molar-refractivity contribution in [3.63, 3.8) is 0 Å². The maximum absolute atomic E-state index is 14.5. The van der Waals surface area contributed by atoms with Crippen molar-refractivity contribution in [2.45, 2.75) is 53.3 Å². The first kappa shape index (κ1) is 33.4. The molecule has 1 aromatic heterocycles. The van der Waals surface area contributed by atoms with Gasteiger partial charge in [-0.25, -0.2) is 4.79 Å². The second-order valence-electron chi connectivity index (χ2n) is 10.6. The Hall–Kier alpha value is -4.51. The third-order valence-corrected chi connectivity index (χ3v) is 7.32. The number of carbonyl (C=O) groups is 1. The van der Waals surface area contributed by atoms with E-state index in [2.05, 4.69) is 0 Å². The molecule has 4 rings (SSSR count). The van der Waals surface area contributed by atoms with Gasteiger partial charge in [0.1, 0.15) is 17.1 Å². The average Bonchev–Trinajstić information content (AvgIpc) is 3.00. The lowest BCUT2D eigenvalue weighted by Gasteiger charge is -2.23.